The average Bonchev–Trinajstić information content (AvgIpc) is 2.87. The number of hydrogen-bond donors (Lipinski definition) is 1. The number of amides is 1. The summed E-state index contributed by atoms with van der Waals surface area (Å²) in [5.41, 5.74) is 0. The van der Waals surface area contributed by atoms with Crippen LogP contribution in [0.3, 0.4) is 0 Å². The van der Waals surface area contributed by atoms with Crippen LogP contribution in [0.25, 0.3) is 0 Å². The fraction of sp³-hybridized carbons (Fsp3) is 0.200. The van der Waals surface area contributed by atoms with Gasteiger partial charge >= 0.3 is 0 Å². The molecule has 0 saturated heterocycles. The minimum Gasteiger partial charge on any atom is -0.349 e. The van der Waals surface area contributed by atoms with Crippen LogP contribution in [-0.2, 0) is 17.8 Å². The van der Waals surface area contributed by atoms with Crippen molar-refractivity contribution in [1.82, 2.24) is 10.3 Å². The van der Waals surface area contributed by atoms with E-state index in [0.29, 0.717) is 13.0 Å². The van der Waals surface area contributed by atoms with Crippen molar-refractivity contribution in [2.45, 2.75) is 13.0 Å². The molecule has 0 spiro atoms. The van der Waals surface area contributed by atoms with Crippen LogP contribution in [0.1, 0.15) is 9.88 Å². The zero-order valence-corrected chi connectivity index (χ0v) is 11.5. The van der Waals surface area contributed by atoms with E-state index in [1.807, 2.05) is 17.5 Å². The zero-order chi connectivity index (χ0) is 11.4. The summed E-state index contributed by atoms with van der Waals surface area (Å²) in [5, 5.41) is 5.68. The number of nitrogens with one attached hydrogen (secondary N) is 1. The van der Waals surface area contributed by atoms with Crippen molar-refractivity contribution in [2.24, 2.45) is 0 Å². The van der Waals surface area contributed by atoms with Crippen LogP contribution in [0.2, 0.25) is 0 Å². The number of halogens is 1. The van der Waals surface area contributed by atoms with Crippen molar-refractivity contribution in [2.75, 3.05) is 0 Å². The lowest BCUT2D eigenvalue weighted by Crippen LogP contribution is -2.24. The van der Waals surface area contributed by atoms with E-state index in [4.69, 9.17) is 0 Å². The maximum absolute atomic E-state index is 11.6. The first-order valence-corrected chi connectivity index (χ1v) is 7.12. The Kier molecular flexibility index (Phi) is 4.09. The fourth-order valence-electron chi connectivity index (χ4n) is 1.18. The van der Waals surface area contributed by atoms with Gasteiger partial charge in [-0.05, 0) is 28.1 Å². The highest BCUT2D eigenvalue weighted by Crippen LogP contribution is 2.22. The Bertz CT molecular complexity index is 467. The molecule has 1 N–H and O–H groups in total. The van der Waals surface area contributed by atoms with Gasteiger partial charge in [0, 0.05) is 16.5 Å². The number of carbonyl (C=O) groups is 1. The quantitative estimate of drug-likeness (QED) is 0.942. The number of thiazole rings is 1. The molecule has 0 aliphatic rings. The molecule has 2 aromatic heterocycles. The lowest BCUT2D eigenvalue weighted by molar-refractivity contribution is -0.120. The molecule has 0 aliphatic heterocycles. The third-order valence-corrected chi connectivity index (χ3v) is 4.29. The van der Waals surface area contributed by atoms with Crippen molar-refractivity contribution in [3.8, 4) is 0 Å². The van der Waals surface area contributed by atoms with Crippen LogP contribution in [0.4, 0.5) is 0 Å². The maximum Gasteiger partial charge on any atom is 0.225 e. The molecule has 2 rings (SSSR count). The van der Waals surface area contributed by atoms with Gasteiger partial charge in [-0.2, -0.15) is 0 Å². The lowest BCUT2D eigenvalue weighted by atomic mass is 10.3. The summed E-state index contributed by atoms with van der Waals surface area (Å²) in [6, 6.07) is 3.91. The molecule has 2 heterocycles. The zero-order valence-electron chi connectivity index (χ0n) is 8.27. The van der Waals surface area contributed by atoms with Gasteiger partial charge in [-0.3, -0.25) is 4.79 Å². The molecular formula is C10H9BrN2OS2. The lowest BCUT2D eigenvalue weighted by Gasteiger charge is -2.00. The molecule has 0 atom stereocenters. The summed E-state index contributed by atoms with van der Waals surface area (Å²) in [5.74, 6) is 0.0320. The van der Waals surface area contributed by atoms with Gasteiger partial charge in [-0.25, -0.2) is 4.98 Å². The molecular weight excluding hydrogens is 308 g/mol. The molecule has 0 radical (unpaired) electrons. The van der Waals surface area contributed by atoms with Crippen LogP contribution < -0.4 is 5.32 Å². The Morgan fingerprint density at radius 3 is 3.00 bits per heavy atom. The van der Waals surface area contributed by atoms with Crippen LogP contribution >= 0.6 is 38.6 Å². The normalized spacial score (nSPS) is 10.3. The third-order valence-electron chi connectivity index (χ3n) is 1.88. The largest absolute Gasteiger partial charge is 0.349 e. The molecule has 0 saturated carbocycles. The predicted molar refractivity (Wildman–Crippen MR) is 69.7 cm³/mol. The fourth-order valence-corrected chi connectivity index (χ4v) is 3.22. The Morgan fingerprint density at radius 2 is 2.38 bits per heavy atom. The number of aromatic nitrogens is 1. The van der Waals surface area contributed by atoms with Crippen LogP contribution in [0.5, 0.6) is 0 Å². The highest BCUT2D eigenvalue weighted by molar-refractivity contribution is 9.11. The molecule has 16 heavy (non-hydrogen) atoms. The number of rotatable bonds is 4. The van der Waals surface area contributed by atoms with Crippen molar-refractivity contribution >= 4 is 44.5 Å². The van der Waals surface area contributed by atoms with Crippen molar-refractivity contribution < 1.29 is 4.79 Å². The first-order valence-electron chi connectivity index (χ1n) is 4.63. The molecule has 0 fully saturated rings. The third kappa shape index (κ3) is 3.40. The summed E-state index contributed by atoms with van der Waals surface area (Å²) in [6.07, 6.45) is 2.17. The summed E-state index contributed by atoms with van der Waals surface area (Å²) < 4.78 is 1.05. The summed E-state index contributed by atoms with van der Waals surface area (Å²) in [6.45, 7) is 0.517. The highest BCUT2D eigenvalue weighted by atomic mass is 79.9. The van der Waals surface area contributed by atoms with Gasteiger partial charge in [0.25, 0.3) is 0 Å². The summed E-state index contributed by atoms with van der Waals surface area (Å²) >= 11 is 6.50. The minimum atomic E-state index is 0.0320. The van der Waals surface area contributed by atoms with Crippen molar-refractivity contribution in [3.63, 3.8) is 0 Å². The molecule has 84 valence electrons. The van der Waals surface area contributed by atoms with E-state index in [9.17, 15) is 4.79 Å². The van der Waals surface area contributed by atoms with Gasteiger partial charge in [0.1, 0.15) is 5.01 Å². The Labute approximate surface area is 110 Å². The van der Waals surface area contributed by atoms with Gasteiger partial charge in [0.15, 0.2) is 0 Å². The predicted octanol–water partition coefficient (Wildman–Crippen LogP) is 2.83. The topological polar surface area (TPSA) is 42.0 Å². The molecule has 3 nitrogen and oxygen atoms in total. The van der Waals surface area contributed by atoms with Gasteiger partial charge in [-0.1, -0.05) is 0 Å². The number of thiophene rings is 1. The Balaban J connectivity index is 1.81. The second-order valence-corrected chi connectivity index (χ2v) is 6.61. The molecule has 2 aromatic rings. The van der Waals surface area contributed by atoms with Gasteiger partial charge in [0.2, 0.25) is 5.91 Å². The van der Waals surface area contributed by atoms with Crippen LogP contribution in [0.15, 0.2) is 27.5 Å². The van der Waals surface area contributed by atoms with Crippen molar-refractivity contribution in [3.05, 3.63) is 37.4 Å². The minimum absolute atomic E-state index is 0.0320. The molecule has 1 amide bonds. The van der Waals surface area contributed by atoms with Crippen molar-refractivity contribution in [1.29, 1.82) is 0 Å². The number of carbonyl (C=O) groups excluding carboxylic acids is 1. The average molecular weight is 317 g/mol. The second-order valence-electron chi connectivity index (χ2n) is 3.09. The Hall–Kier alpha value is -0.720. The van der Waals surface area contributed by atoms with Crippen LogP contribution in [0, 0.1) is 0 Å². The summed E-state index contributed by atoms with van der Waals surface area (Å²) in [4.78, 5) is 16.7. The standard InChI is InChI=1S/C10H9BrN2OS2/c11-8-2-1-7(16-8)5-9(14)13-6-10-12-3-4-15-10/h1-4H,5-6H2,(H,13,14). The van der Waals surface area contributed by atoms with Gasteiger partial charge in [0.05, 0.1) is 16.8 Å². The maximum atomic E-state index is 11.6. The first-order chi connectivity index (χ1) is 7.74. The van der Waals surface area contributed by atoms with E-state index in [2.05, 4.69) is 26.2 Å². The van der Waals surface area contributed by atoms with E-state index in [0.717, 1.165) is 13.7 Å². The van der Waals surface area contributed by atoms with E-state index < -0.39 is 0 Å². The summed E-state index contributed by atoms with van der Waals surface area (Å²) in [7, 11) is 0. The van der Waals surface area contributed by atoms with E-state index in [-0.39, 0.29) is 5.91 Å². The molecule has 6 heteroatoms. The van der Waals surface area contributed by atoms with Crippen LogP contribution in [-0.4, -0.2) is 10.9 Å². The van der Waals surface area contributed by atoms with Gasteiger partial charge < -0.3 is 5.32 Å². The second kappa shape index (κ2) is 5.56. The smallest absolute Gasteiger partial charge is 0.225 e. The Morgan fingerprint density at radius 1 is 1.50 bits per heavy atom. The first kappa shape index (κ1) is 11.8. The number of nitrogens with zero attached hydrogens (tertiary/aromatic N) is 1. The SMILES string of the molecule is O=C(Cc1ccc(Br)s1)NCc1nccs1. The van der Waals surface area contributed by atoms with Gasteiger partial charge in [-0.15, -0.1) is 22.7 Å². The molecule has 0 bridgehead atoms. The molecule has 0 unspecified atom stereocenters. The van der Waals surface area contributed by atoms with E-state index in [1.54, 1.807) is 28.9 Å². The van der Waals surface area contributed by atoms with E-state index >= 15 is 0 Å². The highest BCUT2D eigenvalue weighted by Gasteiger charge is 2.06. The molecule has 0 aliphatic carbocycles. The monoisotopic (exact) mass is 316 g/mol. The number of hydrogen-bond acceptors (Lipinski definition) is 4. The van der Waals surface area contributed by atoms with E-state index in [1.165, 1.54) is 0 Å². The molecule has 0 aromatic carbocycles.